The topological polar surface area (TPSA) is 82.1 Å². The van der Waals surface area contributed by atoms with Crippen LogP contribution in [-0.2, 0) is 27.5 Å². The molecule has 1 N–H and O–H groups in total. The van der Waals surface area contributed by atoms with Crippen LogP contribution in [0.5, 0.6) is 11.5 Å². The van der Waals surface area contributed by atoms with Crippen molar-refractivity contribution in [3.8, 4) is 11.5 Å². The molecule has 0 spiro atoms. The van der Waals surface area contributed by atoms with Gasteiger partial charge in [-0.15, -0.1) is 0 Å². The van der Waals surface area contributed by atoms with Gasteiger partial charge < -0.3 is 19.3 Å². The molecule has 206 valence electrons. The van der Waals surface area contributed by atoms with E-state index in [1.54, 1.807) is 13.0 Å². The van der Waals surface area contributed by atoms with Gasteiger partial charge in [0.25, 0.3) is 0 Å². The fraction of sp³-hybridized carbons (Fsp3) is 0.273. The highest BCUT2D eigenvalue weighted by Crippen LogP contribution is 2.18. The van der Waals surface area contributed by atoms with Crippen molar-refractivity contribution in [2.75, 3.05) is 6.61 Å². The minimum Gasteiger partial charge on any atom is -0.489 e. The molecule has 3 aromatic rings. The molecule has 3 aromatic carbocycles. The summed E-state index contributed by atoms with van der Waals surface area (Å²) in [5.41, 5.74) is 3.46. The van der Waals surface area contributed by atoms with E-state index in [1.165, 1.54) is 12.8 Å². The normalized spacial score (nSPS) is 10.3. The summed E-state index contributed by atoms with van der Waals surface area (Å²) >= 11 is 0. The van der Waals surface area contributed by atoms with Crippen LogP contribution in [0.25, 0.3) is 6.08 Å². The first-order valence-corrected chi connectivity index (χ1v) is 13.1. The summed E-state index contributed by atoms with van der Waals surface area (Å²) < 4.78 is 16.4. The van der Waals surface area contributed by atoms with Crippen LogP contribution in [0.3, 0.4) is 0 Å². The van der Waals surface area contributed by atoms with E-state index in [2.05, 4.69) is 13.5 Å². The van der Waals surface area contributed by atoms with E-state index in [1.807, 2.05) is 78.9 Å². The van der Waals surface area contributed by atoms with Crippen molar-refractivity contribution in [1.29, 1.82) is 0 Å². The molecule has 0 aliphatic carbocycles. The van der Waals surface area contributed by atoms with Crippen molar-refractivity contribution < 1.29 is 28.9 Å². The first kappa shape index (κ1) is 30.9. The molecule has 39 heavy (non-hydrogen) atoms. The number of unbranched alkanes of at least 4 members (excludes halogenated alkanes) is 3. The standard InChI is InChI=1S/C23H20O4.C10H18O2/c24-23(25)15-10-18-6-11-21(12-7-18)27-17-20-8-13-22(14-9-20)26-16-19-4-2-1-3-5-19;1-4-5-6-7-8-12-10(11)9(2)3/h1-15H,16-17H2,(H,24,25);2,4-8H2,1,3H3. The molecule has 3 rings (SSSR count). The number of esters is 1. The van der Waals surface area contributed by atoms with Crippen molar-refractivity contribution in [1.82, 2.24) is 0 Å². The van der Waals surface area contributed by atoms with E-state index >= 15 is 0 Å². The van der Waals surface area contributed by atoms with Crippen LogP contribution in [-0.4, -0.2) is 23.7 Å². The molecule has 0 saturated carbocycles. The van der Waals surface area contributed by atoms with E-state index in [9.17, 15) is 9.59 Å². The van der Waals surface area contributed by atoms with Crippen molar-refractivity contribution >= 4 is 18.0 Å². The van der Waals surface area contributed by atoms with Crippen molar-refractivity contribution in [3.05, 3.63) is 114 Å². The maximum atomic E-state index is 10.9. The molecule has 6 heteroatoms. The fourth-order valence-corrected chi connectivity index (χ4v) is 3.25. The second-order valence-corrected chi connectivity index (χ2v) is 8.92. The van der Waals surface area contributed by atoms with E-state index in [-0.39, 0.29) is 5.97 Å². The summed E-state index contributed by atoms with van der Waals surface area (Å²) in [6, 6.07) is 25.1. The molecule has 0 aliphatic heterocycles. The molecule has 6 nitrogen and oxygen atoms in total. The van der Waals surface area contributed by atoms with Gasteiger partial charge in [-0.1, -0.05) is 87.4 Å². The minimum absolute atomic E-state index is 0.272. The van der Waals surface area contributed by atoms with Gasteiger partial charge in [-0.2, -0.15) is 0 Å². The molecular formula is C33H38O6. The maximum absolute atomic E-state index is 10.9. The van der Waals surface area contributed by atoms with Crippen LogP contribution in [0.1, 0.15) is 56.2 Å². The van der Waals surface area contributed by atoms with Gasteiger partial charge in [0.05, 0.1) is 6.61 Å². The largest absolute Gasteiger partial charge is 0.489 e. The van der Waals surface area contributed by atoms with Crippen LogP contribution >= 0.6 is 0 Å². The summed E-state index contributed by atoms with van der Waals surface area (Å²) in [4.78, 5) is 21.4. The number of carboxylic acids is 1. The lowest BCUT2D eigenvalue weighted by Gasteiger charge is -2.09. The van der Waals surface area contributed by atoms with Gasteiger partial charge in [-0.25, -0.2) is 9.59 Å². The Bertz CT molecular complexity index is 1170. The SMILES string of the molecule is C=C(C)C(=O)OCCCCCC.O=C(O)C=Cc1ccc(OCc2ccc(OCc3ccccc3)cc2)cc1. The van der Waals surface area contributed by atoms with Gasteiger partial charge in [0.15, 0.2) is 0 Å². The Kier molecular flexibility index (Phi) is 14.3. The molecule has 0 radical (unpaired) electrons. The second-order valence-electron chi connectivity index (χ2n) is 8.92. The highest BCUT2D eigenvalue weighted by Gasteiger charge is 2.01. The molecule has 0 amide bonds. The van der Waals surface area contributed by atoms with E-state index in [0.717, 1.165) is 47.1 Å². The predicted octanol–water partition coefficient (Wildman–Crippen LogP) is 7.63. The van der Waals surface area contributed by atoms with Crippen LogP contribution in [0.15, 0.2) is 97.1 Å². The second kappa shape index (κ2) is 18.0. The molecule has 0 heterocycles. The lowest BCUT2D eigenvalue weighted by Crippen LogP contribution is -2.05. The van der Waals surface area contributed by atoms with Crippen LogP contribution in [0, 0.1) is 0 Å². The first-order valence-electron chi connectivity index (χ1n) is 13.1. The zero-order valence-corrected chi connectivity index (χ0v) is 22.8. The number of hydrogen-bond donors (Lipinski definition) is 1. The first-order chi connectivity index (χ1) is 18.9. The number of rotatable bonds is 14. The maximum Gasteiger partial charge on any atom is 0.333 e. The average Bonchev–Trinajstić information content (AvgIpc) is 2.95. The van der Waals surface area contributed by atoms with Gasteiger partial charge in [-0.05, 0) is 60.4 Å². The number of carbonyl (C=O) groups is 2. The van der Waals surface area contributed by atoms with Crippen LogP contribution < -0.4 is 9.47 Å². The van der Waals surface area contributed by atoms with E-state index in [4.69, 9.17) is 19.3 Å². The van der Waals surface area contributed by atoms with Gasteiger partial charge in [0.2, 0.25) is 0 Å². The lowest BCUT2D eigenvalue weighted by molar-refractivity contribution is -0.139. The Morgan fingerprint density at radius 1 is 0.795 bits per heavy atom. The summed E-state index contributed by atoms with van der Waals surface area (Å²) in [5.74, 6) is 0.307. The number of ether oxygens (including phenoxy) is 3. The Hall–Kier alpha value is -4.32. The van der Waals surface area contributed by atoms with Crippen LogP contribution in [0.2, 0.25) is 0 Å². The van der Waals surface area contributed by atoms with Gasteiger partial charge in [0.1, 0.15) is 24.7 Å². The number of carbonyl (C=O) groups excluding carboxylic acids is 1. The molecule has 0 fully saturated rings. The van der Waals surface area contributed by atoms with E-state index < -0.39 is 5.97 Å². The summed E-state index contributed by atoms with van der Waals surface area (Å²) in [6.45, 7) is 8.83. The molecular weight excluding hydrogens is 492 g/mol. The third-order valence-corrected chi connectivity index (χ3v) is 5.46. The fourth-order valence-electron chi connectivity index (χ4n) is 3.25. The van der Waals surface area contributed by atoms with Crippen molar-refractivity contribution in [2.45, 2.75) is 52.7 Å². The number of carboxylic acid groups (broad SMARTS) is 1. The Labute approximate surface area is 231 Å². The molecule has 0 unspecified atom stereocenters. The highest BCUT2D eigenvalue weighted by atomic mass is 16.5. The highest BCUT2D eigenvalue weighted by molar-refractivity contribution is 5.87. The van der Waals surface area contributed by atoms with Crippen molar-refractivity contribution in [2.24, 2.45) is 0 Å². The number of aliphatic carboxylic acids is 1. The van der Waals surface area contributed by atoms with Gasteiger partial charge in [-0.3, -0.25) is 0 Å². The Morgan fingerprint density at radius 2 is 1.36 bits per heavy atom. The Morgan fingerprint density at radius 3 is 1.90 bits per heavy atom. The molecule has 0 saturated heterocycles. The van der Waals surface area contributed by atoms with Crippen molar-refractivity contribution in [3.63, 3.8) is 0 Å². The molecule has 0 aliphatic rings. The Balaban J connectivity index is 0.000000377. The minimum atomic E-state index is -0.966. The summed E-state index contributed by atoms with van der Waals surface area (Å²) in [7, 11) is 0. The zero-order valence-electron chi connectivity index (χ0n) is 22.8. The predicted molar refractivity (Wildman–Crippen MR) is 155 cm³/mol. The lowest BCUT2D eigenvalue weighted by atomic mass is 10.2. The smallest absolute Gasteiger partial charge is 0.333 e. The summed E-state index contributed by atoms with van der Waals surface area (Å²) in [6.07, 6.45) is 7.17. The van der Waals surface area contributed by atoms with Gasteiger partial charge >= 0.3 is 11.9 Å². The quantitative estimate of drug-likeness (QED) is 0.131. The van der Waals surface area contributed by atoms with Crippen LogP contribution in [0.4, 0.5) is 0 Å². The van der Waals surface area contributed by atoms with Gasteiger partial charge in [0, 0.05) is 11.6 Å². The zero-order chi connectivity index (χ0) is 28.3. The summed E-state index contributed by atoms with van der Waals surface area (Å²) in [5, 5.41) is 8.63. The third-order valence-electron chi connectivity index (χ3n) is 5.46. The van der Waals surface area contributed by atoms with E-state index in [0.29, 0.717) is 25.4 Å². The third kappa shape index (κ3) is 13.7. The molecule has 0 aromatic heterocycles. The average molecular weight is 531 g/mol. The number of benzene rings is 3. The number of hydrogen-bond acceptors (Lipinski definition) is 5. The molecule has 0 bridgehead atoms. The monoisotopic (exact) mass is 530 g/mol. The molecule has 0 atom stereocenters.